The molecule has 0 spiro atoms. The lowest BCUT2D eigenvalue weighted by Gasteiger charge is -2.31. The Morgan fingerprint density at radius 1 is 1.05 bits per heavy atom. The van der Waals surface area contributed by atoms with Crippen molar-refractivity contribution in [3.63, 3.8) is 0 Å². The lowest BCUT2D eigenvalue weighted by molar-refractivity contribution is 0.00991. The van der Waals surface area contributed by atoms with Crippen LogP contribution >= 0.6 is 34.5 Å². The normalized spacial score (nSPS) is 25.9. The van der Waals surface area contributed by atoms with Crippen molar-refractivity contribution < 1.29 is 14.2 Å². The van der Waals surface area contributed by atoms with Gasteiger partial charge >= 0.3 is 0 Å². The maximum absolute atomic E-state index is 6.62. The number of benzene rings is 2. The van der Waals surface area contributed by atoms with Gasteiger partial charge in [0.25, 0.3) is 0 Å². The van der Waals surface area contributed by atoms with Gasteiger partial charge in [-0.15, -0.1) is 5.10 Å². The highest BCUT2D eigenvalue weighted by Crippen LogP contribution is 2.46. The molecule has 2 aromatic carbocycles. The second-order valence-corrected chi connectivity index (χ2v) is 13.1. The first-order valence-electron chi connectivity index (χ1n) is 14.0. The van der Waals surface area contributed by atoms with Crippen LogP contribution in [-0.2, 0) is 16.1 Å². The van der Waals surface area contributed by atoms with Gasteiger partial charge in [-0.3, -0.25) is 0 Å². The van der Waals surface area contributed by atoms with E-state index < -0.39 is 0 Å². The van der Waals surface area contributed by atoms with Gasteiger partial charge in [-0.05, 0) is 49.9 Å². The molecule has 2 aliphatic heterocycles. The maximum atomic E-state index is 6.62. The Kier molecular flexibility index (Phi) is 6.41. The molecule has 208 valence electrons. The predicted octanol–water partition coefficient (Wildman–Crippen LogP) is 6.41. The first-order valence-corrected chi connectivity index (χ1v) is 15.6. The first-order chi connectivity index (χ1) is 19.6. The Balaban J connectivity index is 0.983. The number of fused-ring (bicyclic) bond motifs is 3. The average Bonchev–Trinajstić information content (AvgIpc) is 3.44. The van der Waals surface area contributed by atoms with E-state index >= 15 is 0 Å². The van der Waals surface area contributed by atoms with Crippen LogP contribution in [0.4, 0.5) is 5.13 Å². The number of nitrogens with zero attached hydrogens (tertiary/aromatic N) is 5. The molecular weight excluding hydrogens is 569 g/mol. The minimum atomic E-state index is 0.109. The molecule has 0 N–H and O–H groups in total. The van der Waals surface area contributed by atoms with Gasteiger partial charge in [0.05, 0.1) is 52.1 Å². The van der Waals surface area contributed by atoms with Crippen molar-refractivity contribution in [1.82, 2.24) is 20.0 Å². The molecule has 4 atom stereocenters. The summed E-state index contributed by atoms with van der Waals surface area (Å²) in [5.74, 6) is 1.76. The topological polar surface area (TPSA) is 74.5 Å². The SMILES string of the molecule is Clc1cccc(Cl)c1-n1nnc(C2CC2)c1CO[C@@H]1C[C@@H]2C[C@H]1CN2c1nc2c(O[C@H]3CCOC3)cccc2s1. The number of ether oxygens (including phenoxy) is 3. The molecule has 2 aliphatic carbocycles. The Hall–Kier alpha value is -2.43. The number of piperidine rings is 1. The van der Waals surface area contributed by atoms with Crippen LogP contribution in [0.3, 0.4) is 0 Å². The molecule has 8 rings (SSSR count). The minimum absolute atomic E-state index is 0.109. The van der Waals surface area contributed by atoms with Crippen LogP contribution in [0, 0.1) is 5.92 Å². The monoisotopic (exact) mass is 597 g/mol. The Labute approximate surface area is 246 Å². The zero-order chi connectivity index (χ0) is 26.8. The smallest absolute Gasteiger partial charge is 0.186 e. The van der Waals surface area contributed by atoms with E-state index in [1.807, 2.05) is 24.3 Å². The third-order valence-electron chi connectivity index (χ3n) is 8.62. The van der Waals surface area contributed by atoms with Crippen molar-refractivity contribution in [2.75, 3.05) is 24.7 Å². The van der Waals surface area contributed by atoms with E-state index in [1.165, 1.54) is 0 Å². The standard InChI is InChI=1S/C29H29Cl2N5O3S/c30-20-3-1-4-21(31)28(20)36-22(26(33-34-36)16-7-8-16)15-38-24-12-18-11-17(24)13-35(18)29-32-27-23(5-2-6-25(27)40-29)39-19-9-10-37-14-19/h1-6,16-19,24H,7-15H2/t17-,18-,19-,24+/m0/s1. The van der Waals surface area contributed by atoms with E-state index in [0.717, 1.165) is 77.7 Å². The molecule has 0 unspecified atom stereocenters. The maximum Gasteiger partial charge on any atom is 0.186 e. The summed E-state index contributed by atoms with van der Waals surface area (Å²) in [6.45, 7) is 2.80. The molecule has 2 saturated carbocycles. The highest BCUT2D eigenvalue weighted by molar-refractivity contribution is 7.22. The third-order valence-corrected chi connectivity index (χ3v) is 10.3. The fourth-order valence-corrected chi connectivity index (χ4v) is 8.06. The van der Waals surface area contributed by atoms with Crippen molar-refractivity contribution >= 4 is 49.9 Å². The van der Waals surface area contributed by atoms with Crippen LogP contribution in [0.15, 0.2) is 36.4 Å². The van der Waals surface area contributed by atoms with Crippen molar-refractivity contribution in [1.29, 1.82) is 0 Å². The molecule has 4 aromatic rings. The second-order valence-electron chi connectivity index (χ2n) is 11.3. The summed E-state index contributed by atoms with van der Waals surface area (Å²) in [4.78, 5) is 7.53. The summed E-state index contributed by atoms with van der Waals surface area (Å²) < 4.78 is 21.3. The van der Waals surface area contributed by atoms with Crippen LogP contribution < -0.4 is 9.64 Å². The zero-order valence-corrected chi connectivity index (χ0v) is 24.2. The molecular formula is C29H29Cl2N5O3S. The first kappa shape index (κ1) is 25.3. The lowest BCUT2D eigenvalue weighted by Crippen LogP contribution is -2.38. The van der Waals surface area contributed by atoms with Gasteiger partial charge in [0.2, 0.25) is 0 Å². The number of para-hydroxylation sites is 2. The summed E-state index contributed by atoms with van der Waals surface area (Å²) in [5.41, 5.74) is 3.60. The number of hydrogen-bond acceptors (Lipinski definition) is 8. The van der Waals surface area contributed by atoms with E-state index in [0.29, 0.717) is 46.8 Å². The lowest BCUT2D eigenvalue weighted by atomic mass is 10.1. The van der Waals surface area contributed by atoms with Gasteiger partial charge in [-0.25, -0.2) is 9.67 Å². The van der Waals surface area contributed by atoms with Crippen LogP contribution in [-0.4, -0.2) is 58.0 Å². The predicted molar refractivity (Wildman–Crippen MR) is 155 cm³/mol. The molecule has 8 nitrogen and oxygen atoms in total. The molecule has 2 aromatic heterocycles. The van der Waals surface area contributed by atoms with Crippen molar-refractivity contribution in [3.05, 3.63) is 57.8 Å². The highest BCUT2D eigenvalue weighted by atomic mass is 35.5. The molecule has 0 radical (unpaired) electrons. The van der Waals surface area contributed by atoms with E-state index in [4.69, 9.17) is 42.4 Å². The van der Waals surface area contributed by atoms with Gasteiger partial charge in [0, 0.05) is 30.8 Å². The van der Waals surface area contributed by atoms with E-state index in [1.54, 1.807) is 16.0 Å². The summed E-state index contributed by atoms with van der Waals surface area (Å²) in [5, 5.41) is 11.2. The fourth-order valence-electron chi connectivity index (χ4n) is 6.44. The zero-order valence-electron chi connectivity index (χ0n) is 21.8. The number of anilines is 1. The van der Waals surface area contributed by atoms with Crippen molar-refractivity contribution in [3.8, 4) is 11.4 Å². The molecule has 2 bridgehead atoms. The summed E-state index contributed by atoms with van der Waals surface area (Å²) >= 11 is 14.8. The van der Waals surface area contributed by atoms with E-state index in [-0.39, 0.29) is 12.2 Å². The summed E-state index contributed by atoms with van der Waals surface area (Å²) in [6, 6.07) is 12.1. The van der Waals surface area contributed by atoms with Gasteiger partial charge in [-0.1, -0.05) is 51.9 Å². The van der Waals surface area contributed by atoms with Gasteiger partial charge < -0.3 is 19.1 Å². The third kappa shape index (κ3) is 4.47. The molecule has 4 aliphatic rings. The number of rotatable bonds is 8. The quantitative estimate of drug-likeness (QED) is 0.232. The molecule has 0 amide bonds. The van der Waals surface area contributed by atoms with Gasteiger partial charge in [0.1, 0.15) is 23.1 Å². The largest absolute Gasteiger partial charge is 0.486 e. The molecule has 4 fully saturated rings. The molecule has 11 heteroatoms. The fraction of sp³-hybridized carbons (Fsp3) is 0.483. The summed E-state index contributed by atoms with van der Waals surface area (Å²) in [7, 11) is 0. The van der Waals surface area contributed by atoms with Gasteiger partial charge in [-0.2, -0.15) is 0 Å². The van der Waals surface area contributed by atoms with E-state index in [9.17, 15) is 0 Å². The van der Waals surface area contributed by atoms with Crippen LogP contribution in [0.5, 0.6) is 5.75 Å². The number of aromatic nitrogens is 4. The molecule has 2 saturated heterocycles. The second kappa shape index (κ2) is 10.1. The summed E-state index contributed by atoms with van der Waals surface area (Å²) in [6.07, 6.45) is 5.59. The molecule has 40 heavy (non-hydrogen) atoms. The number of halogens is 2. The average molecular weight is 599 g/mol. The highest BCUT2D eigenvalue weighted by Gasteiger charge is 2.46. The van der Waals surface area contributed by atoms with Crippen LogP contribution in [0.2, 0.25) is 10.0 Å². The number of hydrogen-bond donors (Lipinski definition) is 0. The number of thiazole rings is 1. The van der Waals surface area contributed by atoms with Crippen LogP contribution in [0.1, 0.15) is 49.4 Å². The van der Waals surface area contributed by atoms with Crippen molar-refractivity contribution in [2.24, 2.45) is 5.92 Å². The van der Waals surface area contributed by atoms with E-state index in [2.05, 4.69) is 27.3 Å². The Morgan fingerprint density at radius 2 is 1.90 bits per heavy atom. The minimum Gasteiger partial charge on any atom is -0.486 e. The van der Waals surface area contributed by atoms with Crippen molar-refractivity contribution in [2.45, 2.75) is 62.9 Å². The molecule has 4 heterocycles. The van der Waals surface area contributed by atoms with Gasteiger partial charge in [0.15, 0.2) is 5.13 Å². The Bertz CT molecular complexity index is 1550. The Morgan fingerprint density at radius 3 is 2.65 bits per heavy atom. The van der Waals surface area contributed by atoms with Crippen LogP contribution in [0.25, 0.3) is 15.9 Å².